The molecule has 2 aromatic carbocycles. The second kappa shape index (κ2) is 8.19. The highest BCUT2D eigenvalue weighted by Crippen LogP contribution is 2.30. The standard InChI is InChI=1S/C23H26N4O3S/c1-16-21(17(2)26(25-16)15-18-7-5-4-6-8-18)14-24-23(28)20-9-10-22-19(13-20)11-12-27(22)31(3,29)30/h4-10,13H,11-12,14-15H2,1-3H3,(H,24,28). The minimum Gasteiger partial charge on any atom is -0.348 e. The van der Waals surface area contributed by atoms with Gasteiger partial charge in [0.1, 0.15) is 0 Å². The van der Waals surface area contributed by atoms with E-state index >= 15 is 0 Å². The van der Waals surface area contributed by atoms with Gasteiger partial charge in [0.2, 0.25) is 10.0 Å². The summed E-state index contributed by atoms with van der Waals surface area (Å²) in [7, 11) is -3.30. The third-order valence-electron chi connectivity index (χ3n) is 5.73. The second-order valence-corrected chi connectivity index (χ2v) is 9.81. The van der Waals surface area contributed by atoms with Crippen molar-refractivity contribution in [3.63, 3.8) is 0 Å². The van der Waals surface area contributed by atoms with Gasteiger partial charge in [-0.1, -0.05) is 30.3 Å². The van der Waals surface area contributed by atoms with E-state index in [4.69, 9.17) is 0 Å². The van der Waals surface area contributed by atoms with Crippen molar-refractivity contribution in [3.8, 4) is 0 Å². The molecule has 0 radical (unpaired) electrons. The minimum absolute atomic E-state index is 0.185. The molecule has 8 heteroatoms. The van der Waals surface area contributed by atoms with Crippen LogP contribution in [0.3, 0.4) is 0 Å². The average molecular weight is 439 g/mol. The fourth-order valence-corrected chi connectivity index (χ4v) is 4.99. The molecule has 7 nitrogen and oxygen atoms in total. The number of hydrogen-bond acceptors (Lipinski definition) is 4. The first-order valence-electron chi connectivity index (χ1n) is 10.2. The van der Waals surface area contributed by atoms with Crippen molar-refractivity contribution in [3.05, 3.63) is 82.2 Å². The molecule has 1 N–H and O–H groups in total. The van der Waals surface area contributed by atoms with E-state index in [1.165, 1.54) is 16.1 Å². The number of carbonyl (C=O) groups is 1. The molecule has 3 aromatic rings. The van der Waals surface area contributed by atoms with Gasteiger partial charge in [0.15, 0.2) is 0 Å². The van der Waals surface area contributed by atoms with Crippen LogP contribution in [-0.2, 0) is 29.5 Å². The molecule has 0 bridgehead atoms. The third kappa shape index (κ3) is 4.34. The molecule has 1 aliphatic rings. The number of aromatic nitrogens is 2. The van der Waals surface area contributed by atoms with Crippen LogP contribution in [0.5, 0.6) is 0 Å². The van der Waals surface area contributed by atoms with Crippen LogP contribution < -0.4 is 9.62 Å². The Balaban J connectivity index is 1.46. The van der Waals surface area contributed by atoms with Crippen molar-refractivity contribution in [1.29, 1.82) is 0 Å². The molecule has 0 fully saturated rings. The highest BCUT2D eigenvalue weighted by molar-refractivity contribution is 7.92. The Morgan fingerprint density at radius 3 is 2.58 bits per heavy atom. The van der Waals surface area contributed by atoms with Crippen LogP contribution in [0.4, 0.5) is 5.69 Å². The maximum absolute atomic E-state index is 12.7. The lowest BCUT2D eigenvalue weighted by atomic mass is 10.1. The van der Waals surface area contributed by atoms with Crippen molar-refractivity contribution in [2.24, 2.45) is 0 Å². The molecule has 2 heterocycles. The smallest absolute Gasteiger partial charge is 0.251 e. The lowest BCUT2D eigenvalue weighted by molar-refractivity contribution is 0.0950. The molecular formula is C23H26N4O3S. The maximum Gasteiger partial charge on any atom is 0.251 e. The highest BCUT2D eigenvalue weighted by Gasteiger charge is 2.26. The normalized spacial score (nSPS) is 13.3. The van der Waals surface area contributed by atoms with E-state index in [0.717, 1.165) is 22.5 Å². The van der Waals surface area contributed by atoms with Crippen molar-refractivity contribution in [1.82, 2.24) is 15.1 Å². The quantitative estimate of drug-likeness (QED) is 0.641. The molecule has 0 spiro atoms. The molecular weight excluding hydrogens is 412 g/mol. The van der Waals surface area contributed by atoms with Crippen LogP contribution in [0, 0.1) is 13.8 Å². The molecule has 4 rings (SSSR count). The van der Waals surface area contributed by atoms with Crippen LogP contribution >= 0.6 is 0 Å². The third-order valence-corrected chi connectivity index (χ3v) is 6.91. The summed E-state index contributed by atoms with van der Waals surface area (Å²) in [6, 6.07) is 15.3. The van der Waals surface area contributed by atoms with Crippen molar-refractivity contribution in [2.45, 2.75) is 33.4 Å². The van der Waals surface area contributed by atoms with Crippen molar-refractivity contribution in [2.75, 3.05) is 17.1 Å². The number of sulfonamides is 1. The summed E-state index contributed by atoms with van der Waals surface area (Å²) in [6.45, 7) is 5.45. The van der Waals surface area contributed by atoms with Gasteiger partial charge in [-0.05, 0) is 49.6 Å². The SMILES string of the molecule is Cc1nn(Cc2ccccc2)c(C)c1CNC(=O)c1ccc2c(c1)CCN2S(C)(=O)=O. The van der Waals surface area contributed by atoms with Gasteiger partial charge in [-0.25, -0.2) is 8.42 Å². The number of aryl methyl sites for hydroxylation is 1. The molecule has 0 aliphatic carbocycles. The summed E-state index contributed by atoms with van der Waals surface area (Å²) < 4.78 is 27.1. The van der Waals surface area contributed by atoms with Gasteiger partial charge in [0, 0.05) is 29.9 Å². The summed E-state index contributed by atoms with van der Waals surface area (Å²) in [4.78, 5) is 12.7. The summed E-state index contributed by atoms with van der Waals surface area (Å²) >= 11 is 0. The molecule has 1 aliphatic heterocycles. The van der Waals surface area contributed by atoms with E-state index in [-0.39, 0.29) is 5.91 Å². The summed E-state index contributed by atoms with van der Waals surface area (Å²) in [6.07, 6.45) is 1.80. The summed E-state index contributed by atoms with van der Waals surface area (Å²) in [5.41, 5.74) is 6.17. The Hall–Kier alpha value is -3.13. The number of nitrogens with one attached hydrogen (secondary N) is 1. The summed E-state index contributed by atoms with van der Waals surface area (Å²) in [5, 5.41) is 7.62. The van der Waals surface area contributed by atoms with Gasteiger partial charge in [-0.15, -0.1) is 0 Å². The fraction of sp³-hybridized carbons (Fsp3) is 0.304. The van der Waals surface area contributed by atoms with Gasteiger partial charge in [-0.2, -0.15) is 5.10 Å². The van der Waals surface area contributed by atoms with Gasteiger partial charge in [0.05, 0.1) is 24.2 Å². The minimum atomic E-state index is -3.30. The second-order valence-electron chi connectivity index (χ2n) is 7.90. The average Bonchev–Trinajstić information content (AvgIpc) is 3.27. The van der Waals surface area contributed by atoms with E-state index in [1.807, 2.05) is 36.7 Å². The monoisotopic (exact) mass is 438 g/mol. The summed E-state index contributed by atoms with van der Waals surface area (Å²) in [5.74, 6) is -0.185. The Bertz CT molecular complexity index is 1230. The molecule has 31 heavy (non-hydrogen) atoms. The van der Waals surface area contributed by atoms with E-state index in [1.54, 1.807) is 18.2 Å². The van der Waals surface area contributed by atoms with Gasteiger partial charge < -0.3 is 5.32 Å². The van der Waals surface area contributed by atoms with Gasteiger partial charge in [0.25, 0.3) is 5.91 Å². The number of benzene rings is 2. The Labute approximate surface area is 182 Å². The van der Waals surface area contributed by atoms with Gasteiger partial charge >= 0.3 is 0 Å². The molecule has 1 amide bonds. The number of amides is 1. The van der Waals surface area contributed by atoms with Crippen LogP contribution in [0.25, 0.3) is 0 Å². The molecule has 0 saturated carbocycles. The zero-order valence-electron chi connectivity index (χ0n) is 17.9. The van der Waals surface area contributed by atoms with Crippen molar-refractivity contribution < 1.29 is 13.2 Å². The van der Waals surface area contributed by atoms with Crippen LogP contribution in [0.2, 0.25) is 0 Å². The van der Waals surface area contributed by atoms with Crippen LogP contribution in [0.1, 0.15) is 38.4 Å². The highest BCUT2D eigenvalue weighted by atomic mass is 32.2. The number of fused-ring (bicyclic) bond motifs is 1. The number of nitrogens with zero attached hydrogens (tertiary/aromatic N) is 3. The van der Waals surface area contributed by atoms with E-state index in [9.17, 15) is 13.2 Å². The number of anilines is 1. The van der Waals surface area contributed by atoms with E-state index in [0.29, 0.717) is 37.3 Å². The van der Waals surface area contributed by atoms with E-state index < -0.39 is 10.0 Å². The first-order chi connectivity index (χ1) is 14.7. The van der Waals surface area contributed by atoms with Gasteiger partial charge in [-0.3, -0.25) is 13.8 Å². The molecule has 162 valence electrons. The Morgan fingerprint density at radius 1 is 1.13 bits per heavy atom. The number of rotatable bonds is 6. The largest absolute Gasteiger partial charge is 0.348 e. The maximum atomic E-state index is 12.7. The predicted molar refractivity (Wildman–Crippen MR) is 121 cm³/mol. The first-order valence-corrected chi connectivity index (χ1v) is 12.0. The number of hydrogen-bond donors (Lipinski definition) is 1. The van der Waals surface area contributed by atoms with Crippen LogP contribution in [0.15, 0.2) is 48.5 Å². The van der Waals surface area contributed by atoms with E-state index in [2.05, 4.69) is 22.5 Å². The number of carbonyl (C=O) groups excluding carboxylic acids is 1. The molecule has 0 unspecified atom stereocenters. The molecule has 0 saturated heterocycles. The Morgan fingerprint density at radius 2 is 1.87 bits per heavy atom. The topological polar surface area (TPSA) is 84.3 Å². The molecule has 0 atom stereocenters. The first kappa shape index (κ1) is 21.1. The fourth-order valence-electron chi connectivity index (χ4n) is 4.03. The lowest BCUT2D eigenvalue weighted by Crippen LogP contribution is -2.27. The predicted octanol–water partition coefficient (Wildman–Crippen LogP) is 2.80. The van der Waals surface area contributed by atoms with Crippen LogP contribution in [-0.4, -0.2) is 36.9 Å². The van der Waals surface area contributed by atoms with Crippen molar-refractivity contribution >= 4 is 21.6 Å². The Kier molecular flexibility index (Phi) is 5.58. The zero-order valence-corrected chi connectivity index (χ0v) is 18.7. The zero-order chi connectivity index (χ0) is 22.2. The lowest BCUT2D eigenvalue weighted by Gasteiger charge is -2.16. The molecule has 1 aromatic heterocycles.